The predicted molar refractivity (Wildman–Crippen MR) is 93.2 cm³/mol. The summed E-state index contributed by atoms with van der Waals surface area (Å²) in [4.78, 5) is 38.1. The molecule has 1 fully saturated rings. The van der Waals surface area contributed by atoms with Gasteiger partial charge in [-0.3, -0.25) is 14.4 Å². The number of carbonyl (C=O) groups is 2. The molecule has 25 heavy (non-hydrogen) atoms. The van der Waals surface area contributed by atoms with Crippen molar-refractivity contribution >= 4 is 17.5 Å². The van der Waals surface area contributed by atoms with Gasteiger partial charge < -0.3 is 10.2 Å². The molecular formula is C18H20N4O3. The zero-order valence-corrected chi connectivity index (χ0v) is 14.0. The van der Waals surface area contributed by atoms with Gasteiger partial charge >= 0.3 is 0 Å². The predicted octanol–water partition coefficient (Wildman–Crippen LogP) is 1.27. The van der Waals surface area contributed by atoms with Crippen LogP contribution in [0.5, 0.6) is 0 Å². The lowest BCUT2D eigenvalue weighted by molar-refractivity contribution is -0.121. The van der Waals surface area contributed by atoms with Gasteiger partial charge in [0.25, 0.3) is 11.5 Å². The summed E-state index contributed by atoms with van der Waals surface area (Å²) in [5.41, 5.74) is 0.692. The van der Waals surface area contributed by atoms with Crippen LogP contribution >= 0.6 is 0 Å². The molecule has 130 valence electrons. The Balaban J connectivity index is 1.68. The molecule has 1 saturated heterocycles. The first-order chi connectivity index (χ1) is 12.0. The van der Waals surface area contributed by atoms with Crippen molar-refractivity contribution in [1.82, 2.24) is 14.7 Å². The van der Waals surface area contributed by atoms with Crippen molar-refractivity contribution in [3.63, 3.8) is 0 Å². The van der Waals surface area contributed by atoms with Gasteiger partial charge in [-0.25, -0.2) is 4.68 Å². The minimum absolute atomic E-state index is 0.0860. The van der Waals surface area contributed by atoms with Gasteiger partial charge in [-0.15, -0.1) is 0 Å². The molecule has 1 aliphatic heterocycles. The van der Waals surface area contributed by atoms with E-state index < -0.39 is 0 Å². The average molecular weight is 340 g/mol. The first-order valence-corrected chi connectivity index (χ1v) is 8.24. The molecule has 3 rings (SSSR count). The van der Waals surface area contributed by atoms with Gasteiger partial charge in [0.05, 0.1) is 5.92 Å². The molecule has 2 aromatic rings. The number of aryl methyl sites for hydroxylation is 1. The van der Waals surface area contributed by atoms with Crippen LogP contribution in [0.2, 0.25) is 0 Å². The first-order valence-electron chi connectivity index (χ1n) is 8.24. The largest absolute Gasteiger partial charge is 0.336 e. The number of hydrogen-bond acceptors (Lipinski definition) is 4. The van der Waals surface area contributed by atoms with Gasteiger partial charge in [-0.05, 0) is 31.0 Å². The summed E-state index contributed by atoms with van der Waals surface area (Å²) >= 11 is 0. The standard InChI is InChI=1S/C18H20N4O3/c1-21-16(23)10-9-15(20-21)18(25)22-11-5-6-13(12-22)17(24)19-14-7-3-2-4-8-14/h2-4,7-10,13H,5-6,11-12H2,1H3,(H,19,24)/t13-/m0/s1. The number of aromatic nitrogens is 2. The molecule has 2 heterocycles. The van der Waals surface area contributed by atoms with Crippen LogP contribution in [0, 0.1) is 5.92 Å². The number of carbonyl (C=O) groups excluding carboxylic acids is 2. The van der Waals surface area contributed by atoms with Gasteiger partial charge in [0.15, 0.2) is 0 Å². The van der Waals surface area contributed by atoms with Crippen molar-refractivity contribution in [3.05, 3.63) is 58.5 Å². The lowest BCUT2D eigenvalue weighted by Crippen LogP contribution is -2.44. The third kappa shape index (κ3) is 3.93. The lowest BCUT2D eigenvalue weighted by atomic mass is 9.96. The third-order valence-electron chi connectivity index (χ3n) is 4.30. The normalized spacial score (nSPS) is 17.2. The van der Waals surface area contributed by atoms with Crippen LogP contribution in [0.3, 0.4) is 0 Å². The second kappa shape index (κ2) is 7.29. The van der Waals surface area contributed by atoms with E-state index in [0.29, 0.717) is 13.1 Å². The van der Waals surface area contributed by atoms with E-state index >= 15 is 0 Å². The number of benzene rings is 1. The average Bonchev–Trinajstić information content (AvgIpc) is 2.64. The number of amides is 2. The Kier molecular flexibility index (Phi) is 4.92. The summed E-state index contributed by atoms with van der Waals surface area (Å²) in [5, 5.41) is 6.89. The summed E-state index contributed by atoms with van der Waals surface area (Å²) < 4.78 is 1.14. The molecule has 1 aromatic carbocycles. The molecule has 7 nitrogen and oxygen atoms in total. The van der Waals surface area contributed by atoms with E-state index in [4.69, 9.17) is 0 Å². The van der Waals surface area contributed by atoms with Crippen LogP contribution in [0.4, 0.5) is 5.69 Å². The van der Waals surface area contributed by atoms with Crippen LogP contribution < -0.4 is 10.9 Å². The molecule has 2 amide bonds. The molecule has 0 spiro atoms. The second-order valence-electron chi connectivity index (χ2n) is 6.13. The van der Waals surface area contributed by atoms with Crippen molar-refractivity contribution < 1.29 is 9.59 Å². The van der Waals surface area contributed by atoms with Gasteiger partial charge in [0.2, 0.25) is 5.91 Å². The maximum Gasteiger partial charge on any atom is 0.274 e. The van der Waals surface area contributed by atoms with Crippen molar-refractivity contribution in [1.29, 1.82) is 0 Å². The third-order valence-corrected chi connectivity index (χ3v) is 4.30. The highest BCUT2D eigenvalue weighted by Crippen LogP contribution is 2.20. The minimum atomic E-state index is -0.268. The van der Waals surface area contributed by atoms with Gasteiger partial charge in [0, 0.05) is 31.9 Å². The quantitative estimate of drug-likeness (QED) is 0.912. The van der Waals surface area contributed by atoms with Crippen molar-refractivity contribution in [3.8, 4) is 0 Å². The summed E-state index contributed by atoms with van der Waals surface area (Å²) in [6, 6.07) is 12.0. The summed E-state index contributed by atoms with van der Waals surface area (Å²) in [5.74, 6) is -0.602. The molecular weight excluding hydrogens is 320 g/mol. The minimum Gasteiger partial charge on any atom is -0.336 e. The summed E-state index contributed by atoms with van der Waals surface area (Å²) in [6.45, 7) is 0.931. The van der Waals surface area contributed by atoms with E-state index in [1.54, 1.807) is 4.90 Å². The Morgan fingerprint density at radius 3 is 2.64 bits per heavy atom. The smallest absolute Gasteiger partial charge is 0.274 e. The number of nitrogens with zero attached hydrogens (tertiary/aromatic N) is 3. The SMILES string of the molecule is Cn1nc(C(=O)N2CCC[C@H](C(=O)Nc3ccccc3)C2)ccc1=O. The number of likely N-dealkylation sites (tertiary alicyclic amines) is 1. The van der Waals surface area contributed by atoms with E-state index in [9.17, 15) is 14.4 Å². The number of piperidine rings is 1. The molecule has 0 radical (unpaired) electrons. The Hall–Kier alpha value is -2.96. The Bertz CT molecular complexity index is 832. The van der Waals surface area contributed by atoms with Crippen LogP contribution in [-0.2, 0) is 11.8 Å². The second-order valence-corrected chi connectivity index (χ2v) is 6.13. The number of rotatable bonds is 3. The zero-order valence-electron chi connectivity index (χ0n) is 14.0. The monoisotopic (exact) mass is 340 g/mol. The van der Waals surface area contributed by atoms with Crippen LogP contribution in [0.1, 0.15) is 23.3 Å². The molecule has 0 aliphatic carbocycles. The van der Waals surface area contributed by atoms with Crippen molar-refractivity contribution in [2.75, 3.05) is 18.4 Å². The Labute approximate surface area is 145 Å². The van der Waals surface area contributed by atoms with E-state index in [-0.39, 0.29) is 29.0 Å². The first kappa shape index (κ1) is 16.9. The lowest BCUT2D eigenvalue weighted by Gasteiger charge is -2.31. The van der Waals surface area contributed by atoms with Crippen LogP contribution in [0.25, 0.3) is 0 Å². The highest BCUT2D eigenvalue weighted by Gasteiger charge is 2.29. The summed E-state index contributed by atoms with van der Waals surface area (Å²) in [6.07, 6.45) is 1.49. The number of para-hydroxylation sites is 1. The fraction of sp³-hybridized carbons (Fsp3) is 0.333. The van der Waals surface area contributed by atoms with E-state index in [1.807, 2.05) is 30.3 Å². The zero-order chi connectivity index (χ0) is 17.8. The van der Waals surface area contributed by atoms with Crippen molar-refractivity contribution in [2.24, 2.45) is 13.0 Å². The molecule has 1 aromatic heterocycles. The molecule has 0 bridgehead atoms. The van der Waals surface area contributed by atoms with E-state index in [0.717, 1.165) is 23.2 Å². The number of nitrogens with one attached hydrogen (secondary N) is 1. The number of anilines is 1. The Morgan fingerprint density at radius 2 is 1.92 bits per heavy atom. The van der Waals surface area contributed by atoms with Crippen molar-refractivity contribution in [2.45, 2.75) is 12.8 Å². The molecule has 0 saturated carbocycles. The van der Waals surface area contributed by atoms with Crippen LogP contribution in [0.15, 0.2) is 47.3 Å². The van der Waals surface area contributed by atoms with E-state index in [2.05, 4.69) is 10.4 Å². The van der Waals surface area contributed by atoms with Gasteiger partial charge in [-0.2, -0.15) is 5.10 Å². The Morgan fingerprint density at radius 1 is 1.16 bits per heavy atom. The molecule has 1 aliphatic rings. The molecule has 0 unspecified atom stereocenters. The van der Waals surface area contributed by atoms with Gasteiger partial charge in [-0.1, -0.05) is 18.2 Å². The fourth-order valence-corrected chi connectivity index (χ4v) is 2.92. The summed E-state index contributed by atoms with van der Waals surface area (Å²) in [7, 11) is 1.51. The molecule has 1 atom stereocenters. The highest BCUT2D eigenvalue weighted by atomic mass is 16.2. The molecule has 7 heteroatoms. The fourth-order valence-electron chi connectivity index (χ4n) is 2.92. The highest BCUT2D eigenvalue weighted by molar-refractivity contribution is 5.95. The van der Waals surface area contributed by atoms with Crippen LogP contribution in [-0.4, -0.2) is 39.6 Å². The topological polar surface area (TPSA) is 84.3 Å². The maximum atomic E-state index is 12.6. The van der Waals surface area contributed by atoms with E-state index in [1.165, 1.54) is 19.2 Å². The maximum absolute atomic E-state index is 12.6. The number of hydrogen-bond donors (Lipinski definition) is 1. The van der Waals surface area contributed by atoms with Gasteiger partial charge in [0.1, 0.15) is 5.69 Å². The molecule has 1 N–H and O–H groups in total.